The van der Waals surface area contributed by atoms with Crippen LogP contribution in [0.5, 0.6) is 0 Å². The van der Waals surface area contributed by atoms with Crippen LogP contribution >= 0.6 is 0 Å². The molecule has 10 heteroatoms. The molecule has 1 amide bonds. The number of anilines is 3. The Bertz CT molecular complexity index is 1650. The van der Waals surface area contributed by atoms with E-state index in [1.807, 2.05) is 26.0 Å². The summed E-state index contributed by atoms with van der Waals surface area (Å²) in [5.41, 5.74) is 2.77. The predicted molar refractivity (Wildman–Crippen MR) is 145 cm³/mol. The maximum absolute atomic E-state index is 13.0. The number of hydrogen-bond acceptors (Lipinski definition) is 5. The lowest BCUT2D eigenvalue weighted by Crippen LogP contribution is -2.18. The standard InChI is InChI=1S/C27H25N3O5S2/c1-19-12-13-20(2)26(18-19)30-37(34,35)23-16-14-21(15-17-23)28-27(31)24-10-6-7-11-25(24)29-36(32,33)22-8-4-3-5-9-22/h3-18,29-30H,1-2H3,(H,28,31). The minimum Gasteiger partial charge on any atom is -0.322 e. The maximum Gasteiger partial charge on any atom is 0.261 e. The number of benzene rings is 4. The van der Waals surface area contributed by atoms with Crippen LogP contribution in [0.2, 0.25) is 0 Å². The zero-order chi connectivity index (χ0) is 26.6. The van der Waals surface area contributed by atoms with Gasteiger partial charge in [0, 0.05) is 5.69 Å². The summed E-state index contributed by atoms with van der Waals surface area (Å²) in [6.07, 6.45) is 0. The van der Waals surface area contributed by atoms with Gasteiger partial charge in [-0.25, -0.2) is 16.8 Å². The first-order valence-electron chi connectivity index (χ1n) is 11.2. The summed E-state index contributed by atoms with van der Waals surface area (Å²) in [5, 5.41) is 2.68. The largest absolute Gasteiger partial charge is 0.322 e. The number of sulfonamides is 2. The van der Waals surface area contributed by atoms with Gasteiger partial charge in [0.2, 0.25) is 0 Å². The van der Waals surface area contributed by atoms with E-state index in [2.05, 4.69) is 14.8 Å². The van der Waals surface area contributed by atoms with Crippen LogP contribution in [-0.2, 0) is 20.0 Å². The number of amides is 1. The monoisotopic (exact) mass is 535 g/mol. The molecule has 0 fully saturated rings. The average Bonchev–Trinajstić information content (AvgIpc) is 2.87. The van der Waals surface area contributed by atoms with Gasteiger partial charge in [-0.15, -0.1) is 0 Å². The second-order valence-electron chi connectivity index (χ2n) is 8.37. The molecule has 4 rings (SSSR count). The molecule has 0 heterocycles. The smallest absolute Gasteiger partial charge is 0.261 e. The van der Waals surface area contributed by atoms with Crippen LogP contribution in [0.25, 0.3) is 0 Å². The van der Waals surface area contributed by atoms with Crippen molar-refractivity contribution in [3.8, 4) is 0 Å². The summed E-state index contributed by atoms with van der Waals surface area (Å²) in [4.78, 5) is 13.1. The fraction of sp³-hybridized carbons (Fsp3) is 0.0741. The Kier molecular flexibility index (Phi) is 7.33. The molecular weight excluding hydrogens is 510 g/mol. The average molecular weight is 536 g/mol. The number of aryl methyl sites for hydroxylation is 2. The Labute approximate surface area is 216 Å². The summed E-state index contributed by atoms with van der Waals surface area (Å²) in [6, 6.07) is 25.2. The van der Waals surface area contributed by atoms with E-state index in [0.717, 1.165) is 11.1 Å². The van der Waals surface area contributed by atoms with Crippen molar-refractivity contribution >= 4 is 43.0 Å². The van der Waals surface area contributed by atoms with Gasteiger partial charge in [0.25, 0.3) is 26.0 Å². The summed E-state index contributed by atoms with van der Waals surface area (Å²) in [7, 11) is -7.74. The third-order valence-corrected chi connectivity index (χ3v) is 8.29. The molecule has 0 aromatic heterocycles. The van der Waals surface area contributed by atoms with Gasteiger partial charge in [0.05, 0.1) is 26.7 Å². The van der Waals surface area contributed by atoms with Crippen molar-refractivity contribution in [1.82, 2.24) is 0 Å². The van der Waals surface area contributed by atoms with Gasteiger partial charge >= 0.3 is 0 Å². The van der Waals surface area contributed by atoms with Crippen LogP contribution in [0.3, 0.4) is 0 Å². The molecule has 0 radical (unpaired) electrons. The first-order chi connectivity index (χ1) is 17.5. The van der Waals surface area contributed by atoms with Gasteiger partial charge in [-0.3, -0.25) is 14.2 Å². The number of rotatable bonds is 8. The van der Waals surface area contributed by atoms with Crippen LogP contribution in [-0.4, -0.2) is 22.7 Å². The molecule has 190 valence electrons. The van der Waals surface area contributed by atoms with Crippen molar-refractivity contribution < 1.29 is 21.6 Å². The predicted octanol–water partition coefficient (Wildman–Crippen LogP) is 5.16. The molecule has 0 spiro atoms. The number of carbonyl (C=O) groups excluding carboxylic acids is 1. The topological polar surface area (TPSA) is 121 Å². The van der Waals surface area contributed by atoms with Crippen LogP contribution in [0.1, 0.15) is 21.5 Å². The lowest BCUT2D eigenvalue weighted by atomic mass is 10.1. The van der Waals surface area contributed by atoms with Crippen LogP contribution in [0.4, 0.5) is 17.1 Å². The highest BCUT2D eigenvalue weighted by Crippen LogP contribution is 2.24. The first kappa shape index (κ1) is 25.9. The van der Waals surface area contributed by atoms with E-state index >= 15 is 0 Å². The van der Waals surface area contributed by atoms with Crippen LogP contribution < -0.4 is 14.8 Å². The highest BCUT2D eigenvalue weighted by molar-refractivity contribution is 7.93. The molecule has 0 saturated heterocycles. The van der Waals surface area contributed by atoms with Gasteiger partial charge in [-0.1, -0.05) is 42.5 Å². The fourth-order valence-electron chi connectivity index (χ4n) is 3.54. The van der Waals surface area contributed by atoms with Crippen molar-refractivity contribution in [2.24, 2.45) is 0 Å². The third kappa shape index (κ3) is 6.16. The summed E-state index contributed by atoms with van der Waals surface area (Å²) >= 11 is 0. The van der Waals surface area contributed by atoms with Gasteiger partial charge < -0.3 is 5.32 Å². The Morgan fingerprint density at radius 1 is 0.622 bits per heavy atom. The fourth-order valence-corrected chi connectivity index (χ4v) is 5.76. The van der Waals surface area contributed by atoms with Crippen molar-refractivity contribution in [3.05, 3.63) is 114 Å². The lowest BCUT2D eigenvalue weighted by molar-refractivity contribution is 0.102. The Balaban J connectivity index is 1.51. The second-order valence-corrected chi connectivity index (χ2v) is 11.7. The van der Waals surface area contributed by atoms with Crippen molar-refractivity contribution in [3.63, 3.8) is 0 Å². The number of carbonyl (C=O) groups is 1. The van der Waals surface area contributed by atoms with Crippen LogP contribution in [0.15, 0.2) is 107 Å². The van der Waals surface area contributed by atoms with E-state index in [4.69, 9.17) is 0 Å². The van der Waals surface area contributed by atoms with E-state index in [1.54, 1.807) is 36.4 Å². The SMILES string of the molecule is Cc1ccc(C)c(NS(=O)(=O)c2ccc(NC(=O)c3ccccc3NS(=O)(=O)c3ccccc3)cc2)c1. The normalized spacial score (nSPS) is 11.5. The Morgan fingerprint density at radius 2 is 1.19 bits per heavy atom. The molecule has 3 N–H and O–H groups in total. The van der Waals surface area contributed by atoms with Gasteiger partial charge in [-0.2, -0.15) is 0 Å². The second kappa shape index (κ2) is 10.5. The van der Waals surface area contributed by atoms with E-state index in [0.29, 0.717) is 11.4 Å². The van der Waals surface area contributed by atoms with Gasteiger partial charge in [-0.05, 0) is 79.6 Å². The molecule has 37 heavy (non-hydrogen) atoms. The highest BCUT2D eigenvalue weighted by atomic mass is 32.2. The van der Waals surface area contributed by atoms with E-state index < -0.39 is 26.0 Å². The number of para-hydroxylation sites is 1. The molecule has 0 bridgehead atoms. The Hall–Kier alpha value is -4.15. The van der Waals surface area contributed by atoms with Crippen LogP contribution in [0, 0.1) is 13.8 Å². The molecule has 0 saturated carbocycles. The van der Waals surface area contributed by atoms with E-state index in [1.165, 1.54) is 48.5 Å². The van der Waals surface area contributed by atoms with E-state index in [9.17, 15) is 21.6 Å². The lowest BCUT2D eigenvalue weighted by Gasteiger charge is -2.14. The van der Waals surface area contributed by atoms with E-state index in [-0.39, 0.29) is 21.0 Å². The van der Waals surface area contributed by atoms with Crippen molar-refractivity contribution in [1.29, 1.82) is 0 Å². The summed E-state index contributed by atoms with van der Waals surface area (Å²) in [6.45, 7) is 3.69. The van der Waals surface area contributed by atoms with Crippen molar-refractivity contribution in [2.75, 3.05) is 14.8 Å². The maximum atomic E-state index is 13.0. The zero-order valence-corrected chi connectivity index (χ0v) is 21.7. The molecule has 0 aliphatic carbocycles. The summed E-state index contributed by atoms with van der Waals surface area (Å²) in [5.74, 6) is -0.560. The molecule has 0 unspecified atom stereocenters. The molecule has 4 aromatic carbocycles. The quantitative estimate of drug-likeness (QED) is 0.288. The first-order valence-corrected chi connectivity index (χ1v) is 14.2. The van der Waals surface area contributed by atoms with Gasteiger partial charge in [0.1, 0.15) is 0 Å². The number of nitrogens with one attached hydrogen (secondary N) is 3. The summed E-state index contributed by atoms with van der Waals surface area (Å²) < 4.78 is 56.2. The van der Waals surface area contributed by atoms with Gasteiger partial charge in [0.15, 0.2) is 0 Å². The minimum atomic E-state index is -3.90. The van der Waals surface area contributed by atoms with Crippen molar-refractivity contribution in [2.45, 2.75) is 23.6 Å². The zero-order valence-electron chi connectivity index (χ0n) is 20.1. The third-order valence-electron chi connectivity index (χ3n) is 5.53. The highest BCUT2D eigenvalue weighted by Gasteiger charge is 2.19. The molecule has 0 atom stereocenters. The molecule has 8 nitrogen and oxygen atoms in total. The molecular formula is C27H25N3O5S2. The molecule has 0 aliphatic heterocycles. The number of hydrogen-bond donors (Lipinski definition) is 3. The minimum absolute atomic E-state index is 0.0300. The molecule has 0 aliphatic rings. The molecule has 4 aromatic rings. The Morgan fingerprint density at radius 3 is 1.86 bits per heavy atom.